The Morgan fingerprint density at radius 2 is 2.00 bits per heavy atom. The van der Waals surface area contributed by atoms with Crippen molar-refractivity contribution in [2.45, 2.75) is 13.8 Å². The summed E-state index contributed by atoms with van der Waals surface area (Å²) in [5.41, 5.74) is 1.38. The summed E-state index contributed by atoms with van der Waals surface area (Å²) in [6, 6.07) is 0. The van der Waals surface area contributed by atoms with Gasteiger partial charge in [0.05, 0.1) is 5.71 Å². The molecular weight excluding hydrogens is 90.1 g/mol. The molecule has 1 N–H and O–H groups in total. The van der Waals surface area contributed by atoms with Crippen molar-refractivity contribution < 1.29 is 5.21 Å². The predicted molar refractivity (Wildman–Crippen MR) is 29.7 cm³/mol. The van der Waals surface area contributed by atoms with Gasteiger partial charge in [0.2, 0.25) is 0 Å². The molecule has 2 heteroatoms. The number of allylic oxidation sites excluding steroid dienone is 1. The Hall–Kier alpha value is -0.790. The third kappa shape index (κ3) is 1.98. The van der Waals surface area contributed by atoms with E-state index < -0.39 is 0 Å². The second-order valence-electron chi connectivity index (χ2n) is 1.47. The van der Waals surface area contributed by atoms with Crippen LogP contribution in [0.3, 0.4) is 0 Å². The van der Waals surface area contributed by atoms with Crippen molar-refractivity contribution in [2.24, 2.45) is 5.16 Å². The molecule has 0 atom stereocenters. The Morgan fingerprint density at radius 1 is 1.57 bits per heavy atom. The molecule has 0 saturated heterocycles. The van der Waals surface area contributed by atoms with E-state index in [0.29, 0.717) is 5.71 Å². The van der Waals surface area contributed by atoms with Crippen LogP contribution in [0.4, 0.5) is 0 Å². The first-order valence-electron chi connectivity index (χ1n) is 2.03. The van der Waals surface area contributed by atoms with Crippen molar-refractivity contribution in [3.8, 4) is 0 Å². The standard InChI is InChI=1S/C5H9NO/c1-4(2)5(3)6-7/h7H,1H2,2-3H3/b6-5+. The molecule has 0 spiro atoms. The van der Waals surface area contributed by atoms with Gasteiger partial charge in [0.15, 0.2) is 0 Å². The van der Waals surface area contributed by atoms with Gasteiger partial charge in [0.25, 0.3) is 0 Å². The van der Waals surface area contributed by atoms with Gasteiger partial charge >= 0.3 is 0 Å². The highest BCUT2D eigenvalue weighted by Crippen LogP contribution is 1.88. The quantitative estimate of drug-likeness (QED) is 0.301. The van der Waals surface area contributed by atoms with Crippen molar-refractivity contribution in [3.63, 3.8) is 0 Å². The summed E-state index contributed by atoms with van der Waals surface area (Å²) in [4.78, 5) is 0. The van der Waals surface area contributed by atoms with Gasteiger partial charge in [-0.15, -0.1) is 0 Å². The molecule has 0 aliphatic heterocycles. The van der Waals surface area contributed by atoms with Crippen molar-refractivity contribution >= 4 is 5.71 Å². The molecule has 0 saturated carbocycles. The average molecular weight is 99.1 g/mol. The molecule has 0 rings (SSSR count). The van der Waals surface area contributed by atoms with Gasteiger partial charge in [-0.25, -0.2) is 0 Å². The maximum atomic E-state index is 8.03. The van der Waals surface area contributed by atoms with E-state index in [4.69, 9.17) is 5.21 Å². The van der Waals surface area contributed by atoms with Crippen LogP contribution in [0.5, 0.6) is 0 Å². The maximum absolute atomic E-state index is 8.03. The van der Waals surface area contributed by atoms with Crippen molar-refractivity contribution in [2.75, 3.05) is 0 Å². The molecule has 7 heavy (non-hydrogen) atoms. The van der Waals surface area contributed by atoms with E-state index >= 15 is 0 Å². The molecule has 0 aliphatic carbocycles. The van der Waals surface area contributed by atoms with Crippen LogP contribution in [0, 0.1) is 0 Å². The number of hydrogen-bond donors (Lipinski definition) is 1. The summed E-state index contributed by atoms with van der Waals surface area (Å²) in [7, 11) is 0. The monoisotopic (exact) mass is 99.1 g/mol. The predicted octanol–water partition coefficient (Wildman–Crippen LogP) is 1.41. The molecule has 0 fully saturated rings. The van der Waals surface area contributed by atoms with Crippen LogP contribution in [0.2, 0.25) is 0 Å². The lowest BCUT2D eigenvalue weighted by Crippen LogP contribution is -1.88. The largest absolute Gasteiger partial charge is 0.411 e. The van der Waals surface area contributed by atoms with Crippen LogP contribution < -0.4 is 0 Å². The molecule has 0 aromatic rings. The van der Waals surface area contributed by atoms with E-state index in [0.717, 1.165) is 5.57 Å². The first kappa shape index (κ1) is 6.21. The summed E-state index contributed by atoms with van der Waals surface area (Å²) < 4.78 is 0. The fourth-order valence-electron chi connectivity index (χ4n) is 0.0854. The van der Waals surface area contributed by atoms with Crippen molar-refractivity contribution in [3.05, 3.63) is 12.2 Å². The lowest BCUT2D eigenvalue weighted by Gasteiger charge is -1.88. The van der Waals surface area contributed by atoms with Gasteiger partial charge in [0, 0.05) is 0 Å². The van der Waals surface area contributed by atoms with Crippen molar-refractivity contribution in [1.82, 2.24) is 0 Å². The Morgan fingerprint density at radius 3 is 2.00 bits per heavy atom. The van der Waals surface area contributed by atoms with Gasteiger partial charge in [-0.2, -0.15) is 0 Å². The minimum Gasteiger partial charge on any atom is -0.411 e. The molecule has 40 valence electrons. The van der Waals surface area contributed by atoms with Crippen molar-refractivity contribution in [1.29, 1.82) is 0 Å². The second kappa shape index (κ2) is 2.39. The zero-order valence-corrected chi connectivity index (χ0v) is 4.60. The highest BCUT2D eigenvalue weighted by Gasteiger charge is 1.86. The SMILES string of the molecule is C=C(C)/C(C)=N/O. The van der Waals surface area contributed by atoms with Gasteiger partial charge in [-0.3, -0.25) is 0 Å². The first-order chi connectivity index (χ1) is 3.18. The van der Waals surface area contributed by atoms with Gasteiger partial charge in [0.1, 0.15) is 0 Å². The zero-order chi connectivity index (χ0) is 5.86. The van der Waals surface area contributed by atoms with E-state index in [1.807, 2.05) is 0 Å². The smallest absolute Gasteiger partial charge is 0.0787 e. The normalized spacial score (nSPS) is 11.4. The lowest BCUT2D eigenvalue weighted by atomic mass is 10.2. The van der Waals surface area contributed by atoms with Gasteiger partial charge in [-0.05, 0) is 19.4 Å². The molecular formula is C5H9NO. The number of nitrogens with zero attached hydrogens (tertiary/aromatic N) is 1. The van der Waals surface area contributed by atoms with Crippen LogP contribution in [0.25, 0.3) is 0 Å². The molecule has 0 amide bonds. The maximum Gasteiger partial charge on any atom is 0.0787 e. The highest BCUT2D eigenvalue weighted by atomic mass is 16.4. The first-order valence-corrected chi connectivity index (χ1v) is 2.03. The van der Waals surface area contributed by atoms with E-state index in [1.165, 1.54) is 0 Å². The molecule has 0 bridgehead atoms. The van der Waals surface area contributed by atoms with E-state index in [1.54, 1.807) is 13.8 Å². The minimum atomic E-state index is 0.583. The minimum absolute atomic E-state index is 0.583. The van der Waals surface area contributed by atoms with Gasteiger partial charge in [-0.1, -0.05) is 11.7 Å². The zero-order valence-electron chi connectivity index (χ0n) is 4.60. The second-order valence-corrected chi connectivity index (χ2v) is 1.47. The fourth-order valence-corrected chi connectivity index (χ4v) is 0.0854. The van der Waals surface area contributed by atoms with Crippen LogP contribution >= 0.6 is 0 Å². The van der Waals surface area contributed by atoms with E-state index in [9.17, 15) is 0 Å². The summed E-state index contributed by atoms with van der Waals surface area (Å²) >= 11 is 0. The lowest BCUT2D eigenvalue weighted by molar-refractivity contribution is 0.319. The average Bonchev–Trinajstić information content (AvgIpc) is 1.65. The Labute approximate surface area is 43.2 Å². The summed E-state index contributed by atoms with van der Waals surface area (Å²) in [5.74, 6) is 0. The summed E-state index contributed by atoms with van der Waals surface area (Å²) in [6.45, 7) is 7.02. The molecule has 0 radical (unpaired) electrons. The summed E-state index contributed by atoms with van der Waals surface area (Å²) in [6.07, 6.45) is 0. The summed E-state index contributed by atoms with van der Waals surface area (Å²) in [5, 5.41) is 10.9. The number of rotatable bonds is 1. The van der Waals surface area contributed by atoms with Crippen LogP contribution in [-0.4, -0.2) is 10.9 Å². The molecule has 0 unspecified atom stereocenters. The molecule has 0 aromatic carbocycles. The van der Waals surface area contributed by atoms with Gasteiger partial charge < -0.3 is 5.21 Å². The highest BCUT2D eigenvalue weighted by molar-refractivity contribution is 5.96. The van der Waals surface area contributed by atoms with Crippen LogP contribution in [0.15, 0.2) is 17.3 Å². The topological polar surface area (TPSA) is 32.6 Å². The number of oxime groups is 1. The Bertz CT molecular complexity index is 105. The van der Waals surface area contributed by atoms with Crippen LogP contribution in [-0.2, 0) is 0 Å². The van der Waals surface area contributed by atoms with E-state index in [-0.39, 0.29) is 0 Å². The third-order valence-electron chi connectivity index (χ3n) is 0.768. The Kier molecular flexibility index (Phi) is 2.12. The molecule has 2 nitrogen and oxygen atoms in total. The molecule has 0 heterocycles. The molecule has 0 aromatic heterocycles. The van der Waals surface area contributed by atoms with E-state index in [2.05, 4.69) is 11.7 Å². The Balaban J connectivity index is 3.82. The fraction of sp³-hybridized carbons (Fsp3) is 0.400. The number of hydrogen-bond acceptors (Lipinski definition) is 2. The molecule has 0 aliphatic rings. The third-order valence-corrected chi connectivity index (χ3v) is 0.768. The van der Waals surface area contributed by atoms with Crippen LogP contribution in [0.1, 0.15) is 13.8 Å².